The fourth-order valence-electron chi connectivity index (χ4n) is 4.08. The number of hydrogen-bond acceptors (Lipinski definition) is 7. The number of hydrogen-bond donors (Lipinski definition) is 1. The Morgan fingerprint density at radius 2 is 1.79 bits per heavy atom. The average molecular weight is 491 g/mol. The smallest absolute Gasteiger partial charge is 0.227 e. The summed E-state index contributed by atoms with van der Waals surface area (Å²) in [7, 11) is 4.53. The number of carbonyl (C=O) groups excluding carboxylic acids is 2. The first-order valence-electron chi connectivity index (χ1n) is 10.9. The van der Waals surface area contributed by atoms with Crippen molar-refractivity contribution in [2.75, 3.05) is 46.0 Å². The maximum absolute atomic E-state index is 12.9. The fourth-order valence-corrected chi connectivity index (χ4v) is 4.36. The summed E-state index contributed by atoms with van der Waals surface area (Å²) in [6.45, 7) is 1.58. The molecule has 0 aliphatic carbocycles. The van der Waals surface area contributed by atoms with Gasteiger partial charge in [0, 0.05) is 38.1 Å². The van der Waals surface area contributed by atoms with Gasteiger partial charge in [-0.25, -0.2) is 0 Å². The molecule has 2 aliphatic heterocycles. The molecule has 0 aromatic heterocycles. The summed E-state index contributed by atoms with van der Waals surface area (Å²) in [5.74, 6) is 1.52. The van der Waals surface area contributed by atoms with E-state index < -0.39 is 5.92 Å². The number of benzene rings is 2. The Kier molecular flexibility index (Phi) is 7.21. The normalized spacial score (nSPS) is 17.2. The van der Waals surface area contributed by atoms with E-state index in [0.29, 0.717) is 52.7 Å². The van der Waals surface area contributed by atoms with Gasteiger partial charge < -0.3 is 33.9 Å². The standard InChI is InChI=1S/C24H27ClN2O7/c1-30-18-10-16(11-19(31-2)23(18)32-3)27-13-15(9-21(27)28)24(29)26-12-14-7-17(25)22-20(8-14)33-5-4-6-34-22/h7-8,10-11,15H,4-6,9,12-13H2,1-3H3,(H,26,29). The van der Waals surface area contributed by atoms with Gasteiger partial charge in [-0.2, -0.15) is 0 Å². The van der Waals surface area contributed by atoms with Crippen molar-refractivity contribution in [3.63, 3.8) is 0 Å². The second-order valence-corrected chi connectivity index (χ2v) is 8.37. The lowest BCUT2D eigenvalue weighted by Crippen LogP contribution is -2.32. The van der Waals surface area contributed by atoms with Crippen LogP contribution in [-0.2, 0) is 16.1 Å². The molecule has 2 aromatic carbocycles. The van der Waals surface area contributed by atoms with Gasteiger partial charge in [-0.05, 0) is 17.7 Å². The number of carbonyl (C=O) groups is 2. The first kappa shape index (κ1) is 23.8. The molecule has 1 fully saturated rings. The number of fused-ring (bicyclic) bond motifs is 1. The van der Waals surface area contributed by atoms with Crippen molar-refractivity contribution >= 4 is 29.1 Å². The van der Waals surface area contributed by atoms with Crippen molar-refractivity contribution in [2.24, 2.45) is 5.92 Å². The number of amides is 2. The molecule has 2 amide bonds. The minimum atomic E-state index is -0.498. The van der Waals surface area contributed by atoms with Crippen LogP contribution in [0.5, 0.6) is 28.7 Å². The predicted octanol–water partition coefficient (Wildman–Crippen LogP) is 3.20. The number of anilines is 1. The Morgan fingerprint density at radius 1 is 1.09 bits per heavy atom. The average Bonchev–Trinajstić information content (AvgIpc) is 3.07. The van der Waals surface area contributed by atoms with E-state index >= 15 is 0 Å². The molecule has 0 saturated carbocycles. The third-order valence-electron chi connectivity index (χ3n) is 5.79. The van der Waals surface area contributed by atoms with E-state index in [4.69, 9.17) is 35.3 Å². The quantitative estimate of drug-likeness (QED) is 0.636. The van der Waals surface area contributed by atoms with Gasteiger partial charge in [0.15, 0.2) is 23.0 Å². The van der Waals surface area contributed by atoms with Gasteiger partial charge in [-0.3, -0.25) is 9.59 Å². The zero-order chi connectivity index (χ0) is 24.2. The Balaban J connectivity index is 1.44. The van der Waals surface area contributed by atoms with Gasteiger partial charge in [-0.1, -0.05) is 11.6 Å². The minimum Gasteiger partial charge on any atom is -0.493 e. The molecule has 0 bridgehead atoms. The molecule has 4 rings (SSSR count). The Hall–Kier alpha value is -3.33. The van der Waals surface area contributed by atoms with E-state index in [0.717, 1.165) is 12.0 Å². The van der Waals surface area contributed by atoms with Gasteiger partial charge in [0.1, 0.15) is 0 Å². The summed E-state index contributed by atoms with van der Waals surface area (Å²) in [6, 6.07) is 6.95. The van der Waals surface area contributed by atoms with Gasteiger partial charge in [0.05, 0.1) is 51.2 Å². The molecule has 0 radical (unpaired) electrons. The molecule has 1 unspecified atom stereocenters. The number of nitrogens with one attached hydrogen (secondary N) is 1. The second-order valence-electron chi connectivity index (χ2n) is 7.96. The summed E-state index contributed by atoms with van der Waals surface area (Å²) in [4.78, 5) is 27.2. The summed E-state index contributed by atoms with van der Waals surface area (Å²) in [6.07, 6.45) is 0.875. The van der Waals surface area contributed by atoms with Crippen LogP contribution in [-0.4, -0.2) is 52.9 Å². The van der Waals surface area contributed by atoms with Crippen molar-refractivity contribution in [1.29, 1.82) is 0 Å². The van der Waals surface area contributed by atoms with Crippen LogP contribution >= 0.6 is 11.6 Å². The molecule has 2 aromatic rings. The lowest BCUT2D eigenvalue weighted by atomic mass is 10.1. The van der Waals surface area contributed by atoms with Crippen LogP contribution in [0.15, 0.2) is 24.3 Å². The zero-order valence-corrected chi connectivity index (χ0v) is 20.1. The summed E-state index contributed by atoms with van der Waals surface area (Å²) >= 11 is 6.34. The summed E-state index contributed by atoms with van der Waals surface area (Å²) in [5.41, 5.74) is 1.36. The topological polar surface area (TPSA) is 95.6 Å². The molecular formula is C24H27ClN2O7. The summed E-state index contributed by atoms with van der Waals surface area (Å²) in [5, 5.41) is 3.34. The maximum atomic E-state index is 12.9. The van der Waals surface area contributed by atoms with E-state index in [9.17, 15) is 9.59 Å². The van der Waals surface area contributed by atoms with Crippen molar-refractivity contribution < 1.29 is 33.3 Å². The van der Waals surface area contributed by atoms with Crippen molar-refractivity contribution in [2.45, 2.75) is 19.4 Å². The van der Waals surface area contributed by atoms with Crippen LogP contribution in [0, 0.1) is 5.92 Å². The highest BCUT2D eigenvalue weighted by molar-refractivity contribution is 6.32. The molecule has 1 atom stereocenters. The highest BCUT2D eigenvalue weighted by atomic mass is 35.5. The number of nitrogens with zero attached hydrogens (tertiary/aromatic N) is 1. The number of ether oxygens (including phenoxy) is 5. The van der Waals surface area contributed by atoms with Crippen LogP contribution < -0.4 is 33.9 Å². The third kappa shape index (κ3) is 4.79. The molecule has 1 saturated heterocycles. The minimum absolute atomic E-state index is 0.102. The lowest BCUT2D eigenvalue weighted by molar-refractivity contribution is -0.126. The highest BCUT2D eigenvalue weighted by Gasteiger charge is 2.36. The highest BCUT2D eigenvalue weighted by Crippen LogP contribution is 2.42. The lowest BCUT2D eigenvalue weighted by Gasteiger charge is -2.20. The molecule has 2 heterocycles. The Labute approximate surface area is 202 Å². The Bertz CT molecular complexity index is 1070. The van der Waals surface area contributed by atoms with Gasteiger partial charge >= 0.3 is 0 Å². The number of rotatable bonds is 7. The van der Waals surface area contributed by atoms with Crippen molar-refractivity contribution in [3.05, 3.63) is 34.9 Å². The van der Waals surface area contributed by atoms with Gasteiger partial charge in [0.2, 0.25) is 17.6 Å². The van der Waals surface area contributed by atoms with Crippen LogP contribution in [0.4, 0.5) is 5.69 Å². The van der Waals surface area contributed by atoms with E-state index in [1.807, 2.05) is 6.07 Å². The van der Waals surface area contributed by atoms with Crippen LogP contribution in [0.2, 0.25) is 5.02 Å². The van der Waals surface area contributed by atoms with E-state index in [-0.39, 0.29) is 31.3 Å². The zero-order valence-electron chi connectivity index (χ0n) is 19.3. The Morgan fingerprint density at radius 3 is 2.47 bits per heavy atom. The molecule has 34 heavy (non-hydrogen) atoms. The van der Waals surface area contributed by atoms with Crippen molar-refractivity contribution in [3.8, 4) is 28.7 Å². The fraction of sp³-hybridized carbons (Fsp3) is 0.417. The molecule has 9 nitrogen and oxygen atoms in total. The SMILES string of the molecule is COc1cc(N2CC(C(=O)NCc3cc(Cl)c4c(c3)OCCCO4)CC2=O)cc(OC)c1OC. The third-order valence-corrected chi connectivity index (χ3v) is 6.07. The molecular weight excluding hydrogens is 464 g/mol. The van der Waals surface area contributed by atoms with Crippen LogP contribution in [0.25, 0.3) is 0 Å². The van der Waals surface area contributed by atoms with E-state index in [2.05, 4.69) is 5.32 Å². The van der Waals surface area contributed by atoms with E-state index in [1.54, 1.807) is 23.1 Å². The van der Waals surface area contributed by atoms with Gasteiger partial charge in [0.25, 0.3) is 0 Å². The first-order chi connectivity index (χ1) is 16.4. The molecule has 2 aliphatic rings. The van der Waals surface area contributed by atoms with Crippen LogP contribution in [0.1, 0.15) is 18.4 Å². The molecule has 0 spiro atoms. The predicted molar refractivity (Wildman–Crippen MR) is 125 cm³/mol. The number of methoxy groups -OCH3 is 3. The monoisotopic (exact) mass is 490 g/mol. The van der Waals surface area contributed by atoms with E-state index in [1.165, 1.54) is 21.3 Å². The van der Waals surface area contributed by atoms with Crippen molar-refractivity contribution in [1.82, 2.24) is 5.32 Å². The van der Waals surface area contributed by atoms with Gasteiger partial charge in [-0.15, -0.1) is 0 Å². The summed E-state index contributed by atoms with van der Waals surface area (Å²) < 4.78 is 27.5. The largest absolute Gasteiger partial charge is 0.493 e. The molecule has 182 valence electrons. The van der Waals surface area contributed by atoms with Crippen LogP contribution in [0.3, 0.4) is 0 Å². The first-order valence-corrected chi connectivity index (χ1v) is 11.3. The second kappa shape index (κ2) is 10.3. The molecule has 1 N–H and O–H groups in total. The maximum Gasteiger partial charge on any atom is 0.227 e. The number of halogens is 1. The molecule has 10 heteroatoms.